The molecule has 1 aliphatic rings. The van der Waals surface area contributed by atoms with Crippen LogP contribution >= 0.6 is 0 Å². The third kappa shape index (κ3) is 2.30. The molecule has 1 fully saturated rings. The topological polar surface area (TPSA) is 80.7 Å². The van der Waals surface area contributed by atoms with E-state index in [-0.39, 0.29) is 16.9 Å². The average Bonchev–Trinajstić information content (AvgIpc) is 2.74. The first-order valence-corrected chi connectivity index (χ1v) is 8.59. The molecule has 2 atom stereocenters. The van der Waals surface area contributed by atoms with Gasteiger partial charge < -0.3 is 5.73 Å². The summed E-state index contributed by atoms with van der Waals surface area (Å²) >= 11 is 0. The normalized spacial score (nSPS) is 24.5. The molecule has 0 aliphatic carbocycles. The van der Waals surface area contributed by atoms with Crippen molar-refractivity contribution in [2.45, 2.75) is 37.8 Å². The summed E-state index contributed by atoms with van der Waals surface area (Å²) in [4.78, 5) is 4.15. The Bertz CT molecular complexity index is 768. The molecule has 3 rings (SSSR count). The second kappa shape index (κ2) is 4.99. The van der Waals surface area contributed by atoms with Crippen molar-refractivity contribution < 1.29 is 8.42 Å². The van der Waals surface area contributed by atoms with E-state index in [2.05, 4.69) is 11.9 Å². The molecular weight excluding hydrogens is 288 g/mol. The van der Waals surface area contributed by atoms with Gasteiger partial charge in [-0.05, 0) is 37.8 Å². The summed E-state index contributed by atoms with van der Waals surface area (Å²) < 4.78 is 29.1. The highest BCUT2D eigenvalue weighted by atomic mass is 32.2. The first-order chi connectivity index (χ1) is 9.91. The third-order valence-corrected chi connectivity index (χ3v) is 6.20. The van der Waals surface area contributed by atoms with Gasteiger partial charge in [-0.3, -0.25) is 4.40 Å². The fraction of sp³-hybridized carbons (Fsp3) is 0.500. The van der Waals surface area contributed by atoms with Crippen LogP contribution < -0.4 is 5.73 Å². The van der Waals surface area contributed by atoms with Gasteiger partial charge in [-0.15, -0.1) is 0 Å². The molecule has 3 heterocycles. The molecule has 21 heavy (non-hydrogen) atoms. The van der Waals surface area contributed by atoms with Crippen molar-refractivity contribution in [3.05, 3.63) is 24.4 Å². The summed E-state index contributed by atoms with van der Waals surface area (Å²) in [5.74, 6) is 0.609. The minimum Gasteiger partial charge on any atom is -0.381 e. The Hall–Kier alpha value is -1.60. The van der Waals surface area contributed by atoms with Crippen molar-refractivity contribution in [2.75, 3.05) is 12.3 Å². The zero-order valence-electron chi connectivity index (χ0n) is 12.2. The van der Waals surface area contributed by atoms with E-state index in [1.54, 1.807) is 27.0 Å². The highest BCUT2D eigenvalue weighted by molar-refractivity contribution is 7.89. The SMILES string of the molecule is CC1CCN(S(=O)(=O)c2c(N)nc3ccccn23)C(C)C1. The van der Waals surface area contributed by atoms with Crippen molar-refractivity contribution in [3.63, 3.8) is 0 Å². The number of pyridine rings is 1. The van der Waals surface area contributed by atoms with E-state index < -0.39 is 10.0 Å². The minimum atomic E-state index is -3.64. The van der Waals surface area contributed by atoms with Crippen LogP contribution in [0.15, 0.2) is 29.4 Å². The van der Waals surface area contributed by atoms with Gasteiger partial charge in [0, 0.05) is 18.8 Å². The third-order valence-electron chi connectivity index (χ3n) is 4.14. The van der Waals surface area contributed by atoms with Gasteiger partial charge in [-0.25, -0.2) is 13.4 Å². The number of sulfonamides is 1. The smallest absolute Gasteiger partial charge is 0.263 e. The number of nitrogens with zero attached hydrogens (tertiary/aromatic N) is 3. The lowest BCUT2D eigenvalue weighted by atomic mass is 9.95. The maximum absolute atomic E-state index is 13.0. The van der Waals surface area contributed by atoms with Gasteiger partial charge in [0.15, 0.2) is 10.8 Å². The Morgan fingerprint density at radius 1 is 1.33 bits per heavy atom. The molecule has 0 amide bonds. The van der Waals surface area contributed by atoms with Crippen LogP contribution in [0.1, 0.15) is 26.7 Å². The fourth-order valence-corrected chi connectivity index (χ4v) is 4.94. The molecule has 1 aliphatic heterocycles. The quantitative estimate of drug-likeness (QED) is 0.916. The van der Waals surface area contributed by atoms with Crippen LogP contribution in [0.5, 0.6) is 0 Å². The monoisotopic (exact) mass is 308 g/mol. The number of fused-ring (bicyclic) bond motifs is 1. The molecule has 0 radical (unpaired) electrons. The molecule has 2 aromatic rings. The molecule has 2 N–H and O–H groups in total. The molecule has 2 unspecified atom stereocenters. The number of piperidine rings is 1. The summed E-state index contributed by atoms with van der Waals surface area (Å²) in [5, 5.41) is 0.0829. The summed E-state index contributed by atoms with van der Waals surface area (Å²) in [6, 6.07) is 5.31. The molecule has 0 spiro atoms. The number of anilines is 1. The zero-order chi connectivity index (χ0) is 15.2. The lowest BCUT2D eigenvalue weighted by Gasteiger charge is -2.35. The molecular formula is C14H20N4O2S. The number of rotatable bonds is 2. The average molecular weight is 308 g/mol. The summed E-state index contributed by atoms with van der Waals surface area (Å²) in [7, 11) is -3.64. The van der Waals surface area contributed by atoms with Crippen LogP contribution in [0.3, 0.4) is 0 Å². The van der Waals surface area contributed by atoms with E-state index in [0.29, 0.717) is 18.1 Å². The maximum atomic E-state index is 13.0. The van der Waals surface area contributed by atoms with Gasteiger partial charge in [-0.2, -0.15) is 4.31 Å². The Balaban J connectivity index is 2.10. The van der Waals surface area contributed by atoms with Gasteiger partial charge >= 0.3 is 0 Å². The van der Waals surface area contributed by atoms with Gasteiger partial charge in [0.25, 0.3) is 10.0 Å². The number of hydrogen-bond acceptors (Lipinski definition) is 4. The molecule has 6 nitrogen and oxygen atoms in total. The van der Waals surface area contributed by atoms with Gasteiger partial charge in [0.2, 0.25) is 0 Å². The number of nitrogens with two attached hydrogens (primary N) is 1. The van der Waals surface area contributed by atoms with Crippen molar-refractivity contribution in [3.8, 4) is 0 Å². The molecule has 0 saturated carbocycles. The second-order valence-electron chi connectivity index (χ2n) is 5.83. The van der Waals surface area contributed by atoms with Gasteiger partial charge in [-0.1, -0.05) is 13.0 Å². The van der Waals surface area contributed by atoms with E-state index >= 15 is 0 Å². The lowest BCUT2D eigenvalue weighted by molar-refractivity contribution is 0.219. The minimum absolute atomic E-state index is 0.0209. The standard InChI is InChI=1S/C14H20N4O2S/c1-10-6-8-18(11(2)9-10)21(19,20)14-13(15)16-12-5-3-4-7-17(12)14/h3-5,7,10-11H,6,8-9,15H2,1-2H3. The second-order valence-corrected chi connectivity index (χ2v) is 7.63. The van der Waals surface area contributed by atoms with Crippen molar-refractivity contribution in [1.29, 1.82) is 0 Å². The van der Waals surface area contributed by atoms with Crippen LogP contribution in [0.4, 0.5) is 5.82 Å². The molecule has 7 heteroatoms. The van der Waals surface area contributed by atoms with Crippen LogP contribution in [-0.2, 0) is 10.0 Å². The molecule has 2 aromatic heterocycles. The lowest BCUT2D eigenvalue weighted by Crippen LogP contribution is -2.44. The van der Waals surface area contributed by atoms with E-state index in [4.69, 9.17) is 5.73 Å². The first kappa shape index (κ1) is 14.3. The molecule has 0 aromatic carbocycles. The van der Waals surface area contributed by atoms with Crippen molar-refractivity contribution >= 4 is 21.5 Å². The van der Waals surface area contributed by atoms with Crippen LogP contribution in [-0.4, -0.2) is 34.7 Å². The van der Waals surface area contributed by atoms with E-state index in [0.717, 1.165) is 12.8 Å². The van der Waals surface area contributed by atoms with Gasteiger partial charge in [0.1, 0.15) is 5.65 Å². The highest BCUT2D eigenvalue weighted by Gasteiger charge is 2.36. The number of imidazole rings is 1. The van der Waals surface area contributed by atoms with E-state index in [1.165, 1.54) is 0 Å². The predicted octanol–water partition coefficient (Wildman–Crippen LogP) is 1.73. The molecule has 0 bridgehead atoms. The van der Waals surface area contributed by atoms with Crippen molar-refractivity contribution in [2.24, 2.45) is 5.92 Å². The Labute approximate surface area is 124 Å². The van der Waals surface area contributed by atoms with Crippen LogP contribution in [0.25, 0.3) is 5.65 Å². The van der Waals surface area contributed by atoms with Crippen LogP contribution in [0, 0.1) is 5.92 Å². The fourth-order valence-electron chi connectivity index (χ4n) is 3.10. The predicted molar refractivity (Wildman–Crippen MR) is 81.4 cm³/mol. The van der Waals surface area contributed by atoms with Crippen molar-refractivity contribution in [1.82, 2.24) is 13.7 Å². The maximum Gasteiger partial charge on any atom is 0.263 e. The van der Waals surface area contributed by atoms with Gasteiger partial charge in [0.05, 0.1) is 0 Å². The summed E-state index contributed by atoms with van der Waals surface area (Å²) in [6.45, 7) is 4.64. The number of aromatic nitrogens is 2. The summed E-state index contributed by atoms with van der Waals surface area (Å²) in [6.07, 6.45) is 3.43. The largest absolute Gasteiger partial charge is 0.381 e. The number of hydrogen-bond donors (Lipinski definition) is 1. The molecule has 1 saturated heterocycles. The van der Waals surface area contributed by atoms with E-state index in [1.807, 2.05) is 13.0 Å². The summed E-state index contributed by atoms with van der Waals surface area (Å²) in [5.41, 5.74) is 6.43. The zero-order valence-corrected chi connectivity index (χ0v) is 13.0. The van der Waals surface area contributed by atoms with E-state index in [9.17, 15) is 8.42 Å². The first-order valence-electron chi connectivity index (χ1n) is 7.15. The highest BCUT2D eigenvalue weighted by Crippen LogP contribution is 2.30. The number of nitrogen functional groups attached to an aromatic ring is 1. The Morgan fingerprint density at radius 2 is 2.10 bits per heavy atom. The Morgan fingerprint density at radius 3 is 2.81 bits per heavy atom. The van der Waals surface area contributed by atoms with Crippen LogP contribution in [0.2, 0.25) is 0 Å². The Kier molecular flexibility index (Phi) is 3.41. The molecule has 114 valence electrons.